The van der Waals surface area contributed by atoms with Crippen molar-refractivity contribution in [3.8, 4) is 22.5 Å². The molecule has 0 fully saturated rings. The predicted octanol–water partition coefficient (Wildman–Crippen LogP) is 1.74. The summed E-state index contributed by atoms with van der Waals surface area (Å²) >= 11 is 0. The summed E-state index contributed by atoms with van der Waals surface area (Å²) in [6, 6.07) is 17.0. The van der Waals surface area contributed by atoms with Crippen molar-refractivity contribution in [2.75, 3.05) is 0 Å². The number of rotatable bonds is 3. The average molecular weight is 315 g/mol. The van der Waals surface area contributed by atoms with Gasteiger partial charge in [-0.3, -0.25) is 9.38 Å². The van der Waals surface area contributed by atoms with Crippen molar-refractivity contribution in [2.45, 2.75) is 0 Å². The van der Waals surface area contributed by atoms with E-state index in [0.29, 0.717) is 5.46 Å². The zero-order valence-electron chi connectivity index (χ0n) is 12.7. The Labute approximate surface area is 139 Å². The number of imidazole rings is 1. The molecule has 2 heterocycles. The summed E-state index contributed by atoms with van der Waals surface area (Å²) in [5, 5.41) is 18.4. The van der Waals surface area contributed by atoms with E-state index in [9.17, 15) is 10.0 Å². The Hall–Kier alpha value is -2.96. The SMILES string of the molecule is OB(O)c1ccc(-c2nccn3c(-c4ccccc4)cnc23)cc1. The summed E-state index contributed by atoms with van der Waals surface area (Å²) in [5.41, 5.74) is 4.90. The first kappa shape index (κ1) is 14.6. The van der Waals surface area contributed by atoms with Crippen LogP contribution >= 0.6 is 0 Å². The second kappa shape index (κ2) is 5.92. The first-order valence-corrected chi connectivity index (χ1v) is 7.58. The molecule has 0 radical (unpaired) electrons. The maximum atomic E-state index is 9.21. The molecule has 0 aliphatic carbocycles. The van der Waals surface area contributed by atoms with Crippen LogP contribution in [0.4, 0.5) is 0 Å². The number of hydrogen-bond acceptors (Lipinski definition) is 4. The molecular weight excluding hydrogens is 301 g/mol. The summed E-state index contributed by atoms with van der Waals surface area (Å²) in [7, 11) is -1.47. The lowest BCUT2D eigenvalue weighted by molar-refractivity contribution is 0.426. The summed E-state index contributed by atoms with van der Waals surface area (Å²) in [5.74, 6) is 0. The molecule has 0 saturated heterocycles. The minimum absolute atomic E-state index is 0.444. The fraction of sp³-hybridized carbons (Fsp3) is 0. The van der Waals surface area contributed by atoms with Gasteiger partial charge >= 0.3 is 7.12 Å². The summed E-state index contributed by atoms with van der Waals surface area (Å²) in [4.78, 5) is 8.98. The third kappa shape index (κ3) is 2.48. The van der Waals surface area contributed by atoms with Crippen molar-refractivity contribution < 1.29 is 10.0 Å². The van der Waals surface area contributed by atoms with Crippen LogP contribution in [0.5, 0.6) is 0 Å². The maximum Gasteiger partial charge on any atom is 0.488 e. The van der Waals surface area contributed by atoms with Gasteiger partial charge < -0.3 is 10.0 Å². The minimum Gasteiger partial charge on any atom is -0.423 e. The molecule has 0 unspecified atom stereocenters. The van der Waals surface area contributed by atoms with Crippen LogP contribution in [0, 0.1) is 0 Å². The van der Waals surface area contributed by atoms with E-state index >= 15 is 0 Å². The fourth-order valence-electron chi connectivity index (χ4n) is 2.76. The molecule has 6 heteroatoms. The van der Waals surface area contributed by atoms with Crippen molar-refractivity contribution in [3.05, 3.63) is 73.2 Å². The predicted molar refractivity (Wildman–Crippen MR) is 93.7 cm³/mol. The van der Waals surface area contributed by atoms with Gasteiger partial charge in [-0.2, -0.15) is 0 Å². The Balaban J connectivity index is 1.84. The Morgan fingerprint density at radius 1 is 0.833 bits per heavy atom. The fourth-order valence-corrected chi connectivity index (χ4v) is 2.76. The van der Waals surface area contributed by atoms with Crippen LogP contribution in [-0.2, 0) is 0 Å². The number of aromatic nitrogens is 3. The van der Waals surface area contributed by atoms with E-state index in [0.717, 1.165) is 28.2 Å². The maximum absolute atomic E-state index is 9.21. The van der Waals surface area contributed by atoms with Crippen molar-refractivity contribution in [1.29, 1.82) is 0 Å². The van der Waals surface area contributed by atoms with Crippen LogP contribution in [0.3, 0.4) is 0 Å². The topological polar surface area (TPSA) is 70.7 Å². The number of hydrogen-bond donors (Lipinski definition) is 2. The highest BCUT2D eigenvalue weighted by atomic mass is 16.4. The molecule has 4 rings (SSSR count). The first-order chi connectivity index (χ1) is 11.7. The van der Waals surface area contributed by atoms with E-state index in [-0.39, 0.29) is 0 Å². The molecule has 2 aromatic heterocycles. The van der Waals surface area contributed by atoms with Gasteiger partial charge in [0.1, 0.15) is 5.69 Å². The monoisotopic (exact) mass is 315 g/mol. The van der Waals surface area contributed by atoms with Crippen LogP contribution in [0.1, 0.15) is 0 Å². The van der Waals surface area contributed by atoms with Gasteiger partial charge in [0.25, 0.3) is 0 Å². The van der Waals surface area contributed by atoms with Gasteiger partial charge in [-0.05, 0) is 5.46 Å². The van der Waals surface area contributed by atoms with Crippen molar-refractivity contribution in [2.24, 2.45) is 0 Å². The molecule has 0 saturated carbocycles. The van der Waals surface area contributed by atoms with E-state index in [1.807, 2.05) is 59.3 Å². The quantitative estimate of drug-likeness (QED) is 0.565. The smallest absolute Gasteiger partial charge is 0.423 e. The number of nitrogens with zero attached hydrogens (tertiary/aromatic N) is 3. The standard InChI is InChI=1S/C18H14BN3O2/c23-19(24)15-8-6-14(7-9-15)17-18-21-12-16(22(18)11-10-20-17)13-4-2-1-3-5-13/h1-12,23-24H. The molecular formula is C18H14BN3O2. The molecule has 0 atom stereocenters. The molecule has 116 valence electrons. The minimum atomic E-state index is -1.47. The van der Waals surface area contributed by atoms with E-state index in [4.69, 9.17) is 0 Å². The Bertz CT molecular complexity index is 982. The third-order valence-corrected chi connectivity index (χ3v) is 3.98. The summed E-state index contributed by atoms with van der Waals surface area (Å²) < 4.78 is 2.01. The zero-order valence-corrected chi connectivity index (χ0v) is 12.7. The third-order valence-electron chi connectivity index (χ3n) is 3.98. The van der Waals surface area contributed by atoms with Crippen LogP contribution in [-0.4, -0.2) is 31.5 Å². The molecule has 0 amide bonds. The Morgan fingerprint density at radius 2 is 1.58 bits per heavy atom. The van der Waals surface area contributed by atoms with Crippen molar-refractivity contribution >= 4 is 18.2 Å². The molecule has 24 heavy (non-hydrogen) atoms. The number of benzene rings is 2. The molecule has 0 aliphatic rings. The highest BCUT2D eigenvalue weighted by molar-refractivity contribution is 6.58. The van der Waals surface area contributed by atoms with Gasteiger partial charge in [0.2, 0.25) is 0 Å². The van der Waals surface area contributed by atoms with E-state index < -0.39 is 7.12 Å². The van der Waals surface area contributed by atoms with Crippen LogP contribution in [0.25, 0.3) is 28.2 Å². The van der Waals surface area contributed by atoms with Crippen LogP contribution in [0.15, 0.2) is 73.2 Å². The number of fused-ring (bicyclic) bond motifs is 1. The Kier molecular flexibility index (Phi) is 3.61. The van der Waals surface area contributed by atoms with E-state index in [1.54, 1.807) is 18.3 Å². The largest absolute Gasteiger partial charge is 0.488 e. The van der Waals surface area contributed by atoms with Crippen molar-refractivity contribution in [3.63, 3.8) is 0 Å². The second-order valence-corrected chi connectivity index (χ2v) is 5.47. The molecule has 2 N–H and O–H groups in total. The highest BCUT2D eigenvalue weighted by Crippen LogP contribution is 2.25. The molecule has 0 bridgehead atoms. The Morgan fingerprint density at radius 3 is 2.29 bits per heavy atom. The van der Waals surface area contributed by atoms with Crippen LogP contribution in [0.2, 0.25) is 0 Å². The van der Waals surface area contributed by atoms with Crippen molar-refractivity contribution in [1.82, 2.24) is 14.4 Å². The van der Waals surface area contributed by atoms with Gasteiger partial charge in [-0.1, -0.05) is 54.6 Å². The summed E-state index contributed by atoms with van der Waals surface area (Å²) in [6.45, 7) is 0. The van der Waals surface area contributed by atoms with E-state index in [2.05, 4.69) is 9.97 Å². The highest BCUT2D eigenvalue weighted by Gasteiger charge is 2.14. The molecule has 0 spiro atoms. The van der Waals surface area contributed by atoms with Gasteiger partial charge in [0, 0.05) is 23.5 Å². The summed E-state index contributed by atoms with van der Waals surface area (Å²) in [6.07, 6.45) is 5.47. The van der Waals surface area contributed by atoms with E-state index in [1.165, 1.54) is 0 Å². The molecule has 5 nitrogen and oxygen atoms in total. The molecule has 2 aromatic carbocycles. The molecule has 0 aliphatic heterocycles. The lowest BCUT2D eigenvalue weighted by Crippen LogP contribution is -2.29. The van der Waals surface area contributed by atoms with Crippen LogP contribution < -0.4 is 5.46 Å². The average Bonchev–Trinajstić information content (AvgIpc) is 3.06. The van der Waals surface area contributed by atoms with Gasteiger partial charge in [-0.25, -0.2) is 4.98 Å². The van der Waals surface area contributed by atoms with Gasteiger partial charge in [0.15, 0.2) is 5.65 Å². The second-order valence-electron chi connectivity index (χ2n) is 5.47. The van der Waals surface area contributed by atoms with Gasteiger partial charge in [0.05, 0.1) is 11.9 Å². The zero-order chi connectivity index (χ0) is 16.5. The lowest BCUT2D eigenvalue weighted by Gasteiger charge is -2.06. The normalized spacial score (nSPS) is 10.9. The van der Waals surface area contributed by atoms with Gasteiger partial charge in [-0.15, -0.1) is 0 Å². The first-order valence-electron chi connectivity index (χ1n) is 7.58. The molecule has 4 aromatic rings. The lowest BCUT2D eigenvalue weighted by atomic mass is 9.80.